The van der Waals surface area contributed by atoms with Gasteiger partial charge in [-0.1, -0.05) is 36.4 Å². The van der Waals surface area contributed by atoms with Crippen LogP contribution in [0.1, 0.15) is 47.2 Å². The maximum Gasteiger partial charge on any atom is 0.122 e. The third-order valence-electron chi connectivity index (χ3n) is 6.64. The van der Waals surface area contributed by atoms with Gasteiger partial charge in [0.05, 0.1) is 7.11 Å². The van der Waals surface area contributed by atoms with Crippen molar-refractivity contribution in [1.82, 2.24) is 9.80 Å². The average Bonchev–Trinajstić information content (AvgIpc) is 3.02. The van der Waals surface area contributed by atoms with Crippen molar-refractivity contribution < 1.29 is 4.74 Å². The normalized spacial score (nSPS) is 25.0. The second-order valence-corrected chi connectivity index (χ2v) is 7.94. The molecule has 0 spiro atoms. The molecule has 1 saturated heterocycles. The predicted octanol–water partition coefficient (Wildman–Crippen LogP) is 3.99. The van der Waals surface area contributed by atoms with Crippen LogP contribution in [0.5, 0.6) is 5.75 Å². The predicted molar refractivity (Wildman–Crippen MR) is 105 cm³/mol. The zero-order chi connectivity index (χ0) is 17.5. The molecule has 136 valence electrons. The van der Waals surface area contributed by atoms with E-state index < -0.39 is 0 Å². The molecule has 2 unspecified atom stereocenters. The molecule has 0 N–H and O–H groups in total. The van der Waals surface area contributed by atoms with E-state index in [9.17, 15) is 0 Å². The first-order valence-corrected chi connectivity index (χ1v) is 10.1. The van der Waals surface area contributed by atoms with Crippen LogP contribution in [0.3, 0.4) is 0 Å². The molecule has 5 rings (SSSR count). The Morgan fingerprint density at radius 3 is 2.88 bits per heavy atom. The summed E-state index contributed by atoms with van der Waals surface area (Å²) in [6.07, 6.45) is 5.04. The summed E-state index contributed by atoms with van der Waals surface area (Å²) < 4.78 is 5.52. The minimum Gasteiger partial charge on any atom is -0.496 e. The Hall–Kier alpha value is -1.84. The van der Waals surface area contributed by atoms with Crippen LogP contribution in [0, 0.1) is 0 Å². The van der Waals surface area contributed by atoms with E-state index in [-0.39, 0.29) is 0 Å². The highest BCUT2D eigenvalue weighted by Gasteiger charge is 2.43. The van der Waals surface area contributed by atoms with Crippen LogP contribution in [0.2, 0.25) is 0 Å². The van der Waals surface area contributed by atoms with Gasteiger partial charge in [0, 0.05) is 38.3 Å². The fourth-order valence-electron chi connectivity index (χ4n) is 5.40. The number of piperazine rings is 1. The fraction of sp³-hybridized carbons (Fsp3) is 0.478. The monoisotopic (exact) mass is 348 g/mol. The Balaban J connectivity index is 1.32. The standard InChI is InChI=1S/C23H28N2O/c1-26-22-11-3-2-6-17(22)12-13-24-14-15-25-20-10-5-8-18-7-4-9-19(23(18)20)21(25)16-24/h2-4,6-7,9,11,20-21H,5,8,10,12-16H2,1H3. The number of aryl methyl sites for hydroxylation is 1. The molecule has 2 aromatic rings. The number of ether oxygens (including phenoxy) is 1. The smallest absolute Gasteiger partial charge is 0.122 e. The first-order chi connectivity index (χ1) is 12.8. The highest BCUT2D eigenvalue weighted by Crippen LogP contribution is 2.49. The van der Waals surface area contributed by atoms with Gasteiger partial charge < -0.3 is 4.74 Å². The molecule has 3 heteroatoms. The van der Waals surface area contributed by atoms with Gasteiger partial charge in [0.15, 0.2) is 0 Å². The summed E-state index contributed by atoms with van der Waals surface area (Å²) in [5, 5.41) is 0. The summed E-state index contributed by atoms with van der Waals surface area (Å²) in [5.41, 5.74) is 6.25. The van der Waals surface area contributed by atoms with Gasteiger partial charge in [-0.05, 0) is 54.0 Å². The van der Waals surface area contributed by atoms with E-state index in [1.54, 1.807) is 23.8 Å². The number of rotatable bonds is 4. The molecule has 3 nitrogen and oxygen atoms in total. The number of nitrogens with zero attached hydrogens (tertiary/aromatic N) is 2. The van der Waals surface area contributed by atoms with Crippen LogP contribution in [-0.4, -0.2) is 43.1 Å². The Morgan fingerprint density at radius 2 is 1.96 bits per heavy atom. The van der Waals surface area contributed by atoms with Crippen molar-refractivity contribution >= 4 is 0 Å². The summed E-state index contributed by atoms with van der Waals surface area (Å²) in [7, 11) is 1.77. The first kappa shape index (κ1) is 16.3. The molecule has 3 aliphatic rings. The number of hydrogen-bond donors (Lipinski definition) is 0. The zero-order valence-electron chi connectivity index (χ0n) is 15.7. The van der Waals surface area contributed by atoms with Crippen LogP contribution in [0.15, 0.2) is 42.5 Å². The summed E-state index contributed by atoms with van der Waals surface area (Å²) >= 11 is 0. The Kier molecular flexibility index (Phi) is 4.22. The molecule has 2 aromatic carbocycles. The summed E-state index contributed by atoms with van der Waals surface area (Å²) in [6.45, 7) is 4.67. The van der Waals surface area contributed by atoms with Crippen LogP contribution in [0.4, 0.5) is 0 Å². The Morgan fingerprint density at radius 1 is 1.04 bits per heavy atom. The molecule has 26 heavy (non-hydrogen) atoms. The molecular weight excluding hydrogens is 320 g/mol. The molecule has 0 amide bonds. The molecule has 0 saturated carbocycles. The van der Waals surface area contributed by atoms with Crippen molar-refractivity contribution in [1.29, 1.82) is 0 Å². The van der Waals surface area contributed by atoms with Gasteiger partial charge in [-0.15, -0.1) is 0 Å². The highest BCUT2D eigenvalue weighted by molar-refractivity contribution is 5.45. The second-order valence-electron chi connectivity index (χ2n) is 7.94. The van der Waals surface area contributed by atoms with Crippen LogP contribution in [0.25, 0.3) is 0 Å². The number of para-hydroxylation sites is 1. The van der Waals surface area contributed by atoms with Crippen molar-refractivity contribution in [2.24, 2.45) is 0 Å². The second kappa shape index (κ2) is 6.71. The number of hydrogen-bond acceptors (Lipinski definition) is 3. The van der Waals surface area contributed by atoms with E-state index in [1.165, 1.54) is 44.5 Å². The molecule has 0 bridgehead atoms. The van der Waals surface area contributed by atoms with E-state index in [0.29, 0.717) is 12.1 Å². The molecular formula is C23H28N2O. The van der Waals surface area contributed by atoms with Gasteiger partial charge in [0.2, 0.25) is 0 Å². The van der Waals surface area contributed by atoms with Gasteiger partial charge >= 0.3 is 0 Å². The Labute approximate surface area is 156 Å². The topological polar surface area (TPSA) is 15.7 Å². The molecule has 2 atom stereocenters. The SMILES string of the molecule is COc1ccccc1CCN1CCN2C(C1)c1cccc3c1C2CCC3. The van der Waals surface area contributed by atoms with Gasteiger partial charge in [-0.3, -0.25) is 9.80 Å². The molecule has 0 aromatic heterocycles. The fourth-order valence-corrected chi connectivity index (χ4v) is 5.40. The minimum absolute atomic E-state index is 0.597. The minimum atomic E-state index is 0.597. The van der Waals surface area contributed by atoms with E-state index in [2.05, 4.69) is 52.3 Å². The quantitative estimate of drug-likeness (QED) is 0.831. The molecule has 2 heterocycles. The third-order valence-corrected chi connectivity index (χ3v) is 6.64. The van der Waals surface area contributed by atoms with E-state index in [0.717, 1.165) is 18.7 Å². The number of fused-ring (bicyclic) bond motifs is 3. The summed E-state index contributed by atoms with van der Waals surface area (Å²) in [6, 6.07) is 16.8. The van der Waals surface area contributed by atoms with Crippen molar-refractivity contribution in [3.63, 3.8) is 0 Å². The largest absolute Gasteiger partial charge is 0.496 e. The maximum atomic E-state index is 5.52. The lowest BCUT2D eigenvalue weighted by atomic mass is 9.86. The first-order valence-electron chi connectivity index (χ1n) is 10.1. The lowest BCUT2D eigenvalue weighted by Crippen LogP contribution is -2.47. The van der Waals surface area contributed by atoms with Crippen molar-refractivity contribution in [2.45, 2.75) is 37.8 Å². The number of benzene rings is 2. The summed E-state index contributed by atoms with van der Waals surface area (Å²) in [5.74, 6) is 1.02. The molecule has 1 aliphatic carbocycles. The van der Waals surface area contributed by atoms with Crippen molar-refractivity contribution in [2.75, 3.05) is 33.3 Å². The molecule has 2 aliphatic heterocycles. The van der Waals surface area contributed by atoms with Gasteiger partial charge in [0.1, 0.15) is 5.75 Å². The van der Waals surface area contributed by atoms with Gasteiger partial charge in [0.25, 0.3) is 0 Å². The van der Waals surface area contributed by atoms with Crippen LogP contribution < -0.4 is 4.74 Å². The third kappa shape index (κ3) is 2.65. The van der Waals surface area contributed by atoms with Crippen LogP contribution >= 0.6 is 0 Å². The lowest BCUT2D eigenvalue weighted by Gasteiger charge is -2.41. The number of methoxy groups -OCH3 is 1. The average molecular weight is 348 g/mol. The summed E-state index contributed by atoms with van der Waals surface area (Å²) in [4.78, 5) is 5.46. The molecule has 1 fully saturated rings. The van der Waals surface area contributed by atoms with Crippen LogP contribution in [-0.2, 0) is 12.8 Å². The highest BCUT2D eigenvalue weighted by atomic mass is 16.5. The van der Waals surface area contributed by atoms with Crippen molar-refractivity contribution in [3.05, 3.63) is 64.7 Å². The van der Waals surface area contributed by atoms with E-state index in [1.807, 2.05) is 0 Å². The van der Waals surface area contributed by atoms with E-state index in [4.69, 9.17) is 4.74 Å². The lowest BCUT2D eigenvalue weighted by molar-refractivity contribution is 0.0528. The maximum absolute atomic E-state index is 5.52. The zero-order valence-corrected chi connectivity index (χ0v) is 15.7. The Bertz CT molecular complexity index is 803. The van der Waals surface area contributed by atoms with Gasteiger partial charge in [-0.2, -0.15) is 0 Å². The van der Waals surface area contributed by atoms with Gasteiger partial charge in [-0.25, -0.2) is 0 Å². The van der Waals surface area contributed by atoms with E-state index >= 15 is 0 Å². The molecule has 0 radical (unpaired) electrons. The van der Waals surface area contributed by atoms with Crippen molar-refractivity contribution in [3.8, 4) is 5.75 Å².